The second-order valence-electron chi connectivity index (χ2n) is 8.39. The van der Waals surface area contributed by atoms with Crippen LogP contribution < -0.4 is 5.73 Å². The molecule has 4 nitrogen and oxygen atoms in total. The van der Waals surface area contributed by atoms with E-state index in [1.165, 1.54) is 17.2 Å². The lowest BCUT2D eigenvalue weighted by Crippen LogP contribution is -2.32. The molecule has 1 saturated heterocycles. The highest BCUT2D eigenvalue weighted by atomic mass is 35.5. The van der Waals surface area contributed by atoms with Crippen molar-refractivity contribution < 1.29 is 12.8 Å². The molecule has 0 bridgehead atoms. The minimum absolute atomic E-state index is 0.0180. The van der Waals surface area contributed by atoms with Crippen molar-refractivity contribution in [3.63, 3.8) is 0 Å². The van der Waals surface area contributed by atoms with Gasteiger partial charge in [-0.2, -0.15) is 0 Å². The van der Waals surface area contributed by atoms with Crippen molar-refractivity contribution in [2.24, 2.45) is 0 Å². The van der Waals surface area contributed by atoms with Crippen molar-refractivity contribution >= 4 is 27.1 Å². The van der Waals surface area contributed by atoms with Crippen molar-refractivity contribution in [2.45, 2.75) is 42.0 Å². The molecule has 0 aromatic heterocycles. The van der Waals surface area contributed by atoms with E-state index in [2.05, 4.69) is 24.0 Å². The Morgan fingerprint density at radius 2 is 1.66 bits per heavy atom. The predicted molar refractivity (Wildman–Crippen MR) is 126 cm³/mol. The molecule has 1 aliphatic heterocycles. The van der Waals surface area contributed by atoms with Crippen LogP contribution >= 0.6 is 11.6 Å². The average Bonchev–Trinajstić information content (AvgIpc) is 2.78. The van der Waals surface area contributed by atoms with Crippen LogP contribution in [0.1, 0.15) is 35.4 Å². The van der Waals surface area contributed by atoms with Crippen LogP contribution in [0.4, 0.5) is 10.1 Å². The van der Waals surface area contributed by atoms with Gasteiger partial charge < -0.3 is 5.73 Å². The van der Waals surface area contributed by atoms with Gasteiger partial charge in [0.2, 0.25) is 9.84 Å². The van der Waals surface area contributed by atoms with Crippen molar-refractivity contribution in [3.8, 4) is 0 Å². The summed E-state index contributed by atoms with van der Waals surface area (Å²) in [6.07, 6.45) is 2.14. The maximum Gasteiger partial charge on any atom is 0.206 e. The summed E-state index contributed by atoms with van der Waals surface area (Å²) in [5.41, 5.74) is 10.5. The van der Waals surface area contributed by atoms with Crippen LogP contribution in [0.5, 0.6) is 0 Å². The van der Waals surface area contributed by atoms with E-state index in [9.17, 15) is 12.8 Å². The highest BCUT2D eigenvalue weighted by Gasteiger charge is 2.23. The zero-order valence-corrected chi connectivity index (χ0v) is 19.5. The Bertz CT molecular complexity index is 1220. The van der Waals surface area contributed by atoms with Crippen LogP contribution in [0.2, 0.25) is 5.02 Å². The number of hydrogen-bond donors (Lipinski definition) is 1. The first-order valence-electron chi connectivity index (χ1n) is 10.6. The molecular weight excluding hydrogens is 447 g/mol. The molecule has 0 spiro atoms. The van der Waals surface area contributed by atoms with Crippen LogP contribution in [-0.4, -0.2) is 26.4 Å². The molecule has 0 radical (unpaired) electrons. The number of sulfone groups is 1. The minimum Gasteiger partial charge on any atom is -0.399 e. The zero-order valence-electron chi connectivity index (χ0n) is 17.9. The number of aryl methyl sites for hydroxylation is 1. The van der Waals surface area contributed by atoms with E-state index in [1.54, 1.807) is 12.1 Å². The molecule has 168 valence electrons. The second-order valence-corrected chi connectivity index (χ2v) is 10.7. The van der Waals surface area contributed by atoms with E-state index in [1.807, 2.05) is 18.2 Å². The molecule has 4 rings (SSSR count). The monoisotopic (exact) mass is 472 g/mol. The molecule has 0 amide bonds. The number of halogens is 2. The van der Waals surface area contributed by atoms with Gasteiger partial charge in [-0.25, -0.2) is 12.8 Å². The fourth-order valence-electron chi connectivity index (χ4n) is 4.31. The predicted octanol–water partition coefficient (Wildman–Crippen LogP) is 5.58. The van der Waals surface area contributed by atoms with Crippen LogP contribution in [0.15, 0.2) is 70.5 Å². The van der Waals surface area contributed by atoms with Crippen LogP contribution in [0.25, 0.3) is 0 Å². The second kappa shape index (κ2) is 9.22. The summed E-state index contributed by atoms with van der Waals surface area (Å²) < 4.78 is 39.0. The zero-order chi connectivity index (χ0) is 22.9. The summed E-state index contributed by atoms with van der Waals surface area (Å²) >= 11 is 5.76. The molecule has 7 heteroatoms. The van der Waals surface area contributed by atoms with Crippen LogP contribution in [0.3, 0.4) is 0 Å². The van der Waals surface area contributed by atoms with Crippen molar-refractivity contribution in [1.29, 1.82) is 0 Å². The Balaban J connectivity index is 1.40. The van der Waals surface area contributed by atoms with E-state index in [-0.39, 0.29) is 14.8 Å². The number of rotatable bonds is 5. The Labute approximate surface area is 193 Å². The number of anilines is 1. The van der Waals surface area contributed by atoms with E-state index in [0.717, 1.165) is 55.9 Å². The summed E-state index contributed by atoms with van der Waals surface area (Å²) in [6, 6.07) is 16.5. The molecule has 2 N–H and O–H groups in total. The first-order valence-corrected chi connectivity index (χ1v) is 12.5. The molecule has 0 atom stereocenters. The Hall–Kier alpha value is -2.41. The topological polar surface area (TPSA) is 63.4 Å². The third-order valence-electron chi connectivity index (χ3n) is 6.17. The van der Waals surface area contributed by atoms with Crippen molar-refractivity contribution in [3.05, 3.63) is 88.2 Å². The lowest BCUT2D eigenvalue weighted by atomic mass is 9.86. The Morgan fingerprint density at radius 3 is 2.31 bits per heavy atom. The van der Waals surface area contributed by atoms with Crippen molar-refractivity contribution in [1.82, 2.24) is 4.90 Å². The molecule has 0 saturated carbocycles. The molecule has 3 aromatic rings. The molecular formula is C25H26ClFN2O2S. The first kappa shape index (κ1) is 22.8. The van der Waals surface area contributed by atoms with Gasteiger partial charge in [-0.3, -0.25) is 4.90 Å². The third-order valence-corrected chi connectivity index (χ3v) is 8.23. The lowest BCUT2D eigenvalue weighted by molar-refractivity contribution is 0.204. The molecule has 0 unspecified atom stereocenters. The summed E-state index contributed by atoms with van der Waals surface area (Å²) in [6.45, 7) is 4.86. The Morgan fingerprint density at radius 1 is 1.00 bits per heavy atom. The van der Waals surface area contributed by atoms with E-state index in [4.69, 9.17) is 17.3 Å². The fourth-order valence-corrected chi connectivity index (χ4v) is 5.85. The fraction of sp³-hybridized carbons (Fsp3) is 0.280. The SMILES string of the molecule is Cc1ccc(N)cc1C1CCN(Cc2ccc(S(=O)(=O)c3ccc(F)c(Cl)c3)cc2)CC1. The largest absolute Gasteiger partial charge is 0.399 e. The highest BCUT2D eigenvalue weighted by Crippen LogP contribution is 2.32. The Kier molecular flexibility index (Phi) is 6.56. The van der Waals surface area contributed by atoms with Gasteiger partial charge in [0.25, 0.3) is 0 Å². The average molecular weight is 473 g/mol. The van der Waals surface area contributed by atoms with Gasteiger partial charge in [0.15, 0.2) is 0 Å². The van der Waals surface area contributed by atoms with Gasteiger partial charge in [0, 0.05) is 12.2 Å². The summed E-state index contributed by atoms with van der Waals surface area (Å²) in [7, 11) is -3.75. The van der Waals surface area contributed by atoms with Gasteiger partial charge >= 0.3 is 0 Å². The van der Waals surface area contributed by atoms with Gasteiger partial charge in [-0.05, 0) is 97.9 Å². The number of likely N-dealkylation sites (tertiary alicyclic amines) is 1. The van der Waals surface area contributed by atoms with E-state index >= 15 is 0 Å². The quantitative estimate of drug-likeness (QED) is 0.389. The smallest absolute Gasteiger partial charge is 0.206 e. The third kappa shape index (κ3) is 4.82. The first-order chi connectivity index (χ1) is 15.2. The molecule has 32 heavy (non-hydrogen) atoms. The molecule has 1 heterocycles. The number of hydrogen-bond acceptors (Lipinski definition) is 4. The van der Waals surface area contributed by atoms with Gasteiger partial charge in [-0.1, -0.05) is 29.8 Å². The number of nitrogens with two attached hydrogens (primary N) is 1. The number of benzene rings is 3. The van der Waals surface area contributed by atoms with Gasteiger partial charge in [0.05, 0.1) is 14.8 Å². The lowest BCUT2D eigenvalue weighted by Gasteiger charge is -2.33. The molecule has 1 fully saturated rings. The summed E-state index contributed by atoms with van der Waals surface area (Å²) in [5, 5.41) is -0.209. The minimum atomic E-state index is -3.75. The van der Waals surface area contributed by atoms with Gasteiger partial charge in [0.1, 0.15) is 5.82 Å². The number of nitrogen functional groups attached to an aromatic ring is 1. The van der Waals surface area contributed by atoms with Crippen molar-refractivity contribution in [2.75, 3.05) is 18.8 Å². The molecule has 3 aromatic carbocycles. The van der Waals surface area contributed by atoms with E-state index < -0.39 is 15.7 Å². The highest BCUT2D eigenvalue weighted by molar-refractivity contribution is 7.91. The van der Waals surface area contributed by atoms with E-state index in [0.29, 0.717) is 5.92 Å². The maximum atomic E-state index is 13.4. The standard InChI is InChI=1S/C25H26ClFN2O2S/c1-17-2-5-20(28)14-23(17)19-10-12-29(13-11-19)16-18-3-6-21(7-4-18)32(30,31)22-8-9-25(27)24(26)15-22/h2-9,14-15,19H,10-13,16,28H2,1H3. The molecule has 1 aliphatic rings. The normalized spacial score (nSPS) is 15.7. The summed E-state index contributed by atoms with van der Waals surface area (Å²) in [5.74, 6) is -0.125. The van der Waals surface area contributed by atoms with Crippen LogP contribution in [0, 0.1) is 12.7 Å². The number of piperidine rings is 1. The van der Waals surface area contributed by atoms with Gasteiger partial charge in [-0.15, -0.1) is 0 Å². The number of nitrogens with zero attached hydrogens (tertiary/aromatic N) is 1. The summed E-state index contributed by atoms with van der Waals surface area (Å²) in [4.78, 5) is 2.54. The molecule has 0 aliphatic carbocycles. The maximum absolute atomic E-state index is 13.4. The van der Waals surface area contributed by atoms with Crippen LogP contribution in [-0.2, 0) is 16.4 Å².